The molecule has 1 N–H and O–H groups in total. The van der Waals surface area contributed by atoms with Crippen molar-refractivity contribution in [3.63, 3.8) is 0 Å². The molecule has 0 saturated carbocycles. The highest BCUT2D eigenvalue weighted by atomic mass is 16.5. The summed E-state index contributed by atoms with van der Waals surface area (Å²) in [5.74, 6) is 2.22. The average molecular weight is 392 g/mol. The highest BCUT2D eigenvalue weighted by Gasteiger charge is 2.18. The summed E-state index contributed by atoms with van der Waals surface area (Å²) in [6.45, 7) is -0.0991. The van der Waals surface area contributed by atoms with Gasteiger partial charge in [0.2, 0.25) is 5.75 Å². The first-order valence-electron chi connectivity index (χ1n) is 8.93. The normalized spacial score (nSPS) is 10.9. The number of fused-ring (bicyclic) bond motifs is 1. The SMILES string of the molecule is COc1cc(-c2cc3nccc(-c4ccc(CO)nc4)c3o2)cc(OC)c1OC. The topological polar surface area (TPSA) is 86.8 Å². The Morgan fingerprint density at radius 2 is 1.66 bits per heavy atom. The predicted molar refractivity (Wildman–Crippen MR) is 108 cm³/mol. The molecule has 0 radical (unpaired) electrons. The summed E-state index contributed by atoms with van der Waals surface area (Å²) in [6, 6.07) is 11.1. The molecule has 0 saturated heterocycles. The number of aromatic nitrogens is 2. The molecule has 148 valence electrons. The van der Waals surface area contributed by atoms with E-state index in [2.05, 4.69) is 9.97 Å². The van der Waals surface area contributed by atoms with Gasteiger partial charge in [0.25, 0.3) is 0 Å². The number of pyridine rings is 2. The molecule has 0 fully saturated rings. The number of ether oxygens (including phenoxy) is 3. The Morgan fingerprint density at radius 3 is 2.24 bits per heavy atom. The van der Waals surface area contributed by atoms with Gasteiger partial charge in [-0.1, -0.05) is 6.07 Å². The number of nitrogens with zero attached hydrogens (tertiary/aromatic N) is 2. The molecule has 3 aromatic heterocycles. The lowest BCUT2D eigenvalue weighted by Crippen LogP contribution is -1.95. The van der Waals surface area contributed by atoms with Crippen LogP contribution in [-0.4, -0.2) is 36.4 Å². The summed E-state index contributed by atoms with van der Waals surface area (Å²) in [4.78, 5) is 8.68. The number of aliphatic hydroxyl groups excluding tert-OH is 1. The minimum atomic E-state index is -0.0991. The first kappa shape index (κ1) is 18.8. The number of benzene rings is 1. The van der Waals surface area contributed by atoms with Crippen molar-refractivity contribution < 1.29 is 23.7 Å². The zero-order valence-electron chi connectivity index (χ0n) is 16.3. The third kappa shape index (κ3) is 3.36. The van der Waals surface area contributed by atoms with Crippen LogP contribution in [0.15, 0.2) is 53.2 Å². The van der Waals surface area contributed by atoms with E-state index in [9.17, 15) is 5.11 Å². The van der Waals surface area contributed by atoms with Crippen LogP contribution in [0.4, 0.5) is 0 Å². The molecule has 0 unspecified atom stereocenters. The first-order chi connectivity index (χ1) is 14.2. The highest BCUT2D eigenvalue weighted by molar-refractivity contribution is 5.92. The molecule has 29 heavy (non-hydrogen) atoms. The van der Waals surface area contributed by atoms with Crippen molar-refractivity contribution >= 4 is 11.1 Å². The molecule has 7 nitrogen and oxygen atoms in total. The zero-order valence-corrected chi connectivity index (χ0v) is 16.3. The van der Waals surface area contributed by atoms with Crippen molar-refractivity contribution in [3.8, 4) is 39.7 Å². The monoisotopic (exact) mass is 392 g/mol. The van der Waals surface area contributed by atoms with Gasteiger partial charge in [0.1, 0.15) is 11.3 Å². The number of hydrogen-bond donors (Lipinski definition) is 1. The quantitative estimate of drug-likeness (QED) is 0.529. The maximum Gasteiger partial charge on any atom is 0.203 e. The predicted octanol–water partition coefficient (Wildman–Crippen LogP) is 4.07. The van der Waals surface area contributed by atoms with E-state index < -0.39 is 0 Å². The highest BCUT2D eigenvalue weighted by Crippen LogP contribution is 2.42. The maximum atomic E-state index is 9.20. The molecule has 1 aromatic carbocycles. The molecule has 4 rings (SSSR count). The second-order valence-electron chi connectivity index (χ2n) is 6.29. The van der Waals surface area contributed by atoms with Gasteiger partial charge in [0, 0.05) is 35.2 Å². The van der Waals surface area contributed by atoms with Gasteiger partial charge in [0.05, 0.1) is 33.6 Å². The molecular formula is C22H20N2O5. The minimum Gasteiger partial charge on any atom is -0.493 e. The van der Waals surface area contributed by atoms with Gasteiger partial charge in [-0.3, -0.25) is 9.97 Å². The van der Waals surface area contributed by atoms with Crippen molar-refractivity contribution in [3.05, 3.63) is 54.5 Å². The number of methoxy groups -OCH3 is 3. The van der Waals surface area contributed by atoms with E-state index in [0.717, 1.165) is 22.2 Å². The van der Waals surface area contributed by atoms with Crippen molar-refractivity contribution in [2.75, 3.05) is 21.3 Å². The third-order valence-electron chi connectivity index (χ3n) is 4.66. The van der Waals surface area contributed by atoms with Crippen molar-refractivity contribution in [2.24, 2.45) is 0 Å². The van der Waals surface area contributed by atoms with Crippen LogP contribution in [0.2, 0.25) is 0 Å². The van der Waals surface area contributed by atoms with Crippen LogP contribution in [0, 0.1) is 0 Å². The Labute approximate surface area is 167 Å². The molecule has 0 aliphatic heterocycles. The average Bonchev–Trinajstić information content (AvgIpc) is 3.22. The fourth-order valence-electron chi connectivity index (χ4n) is 3.21. The van der Waals surface area contributed by atoms with E-state index in [1.165, 1.54) is 0 Å². The summed E-state index contributed by atoms with van der Waals surface area (Å²) in [7, 11) is 4.71. The van der Waals surface area contributed by atoms with Crippen molar-refractivity contribution in [1.82, 2.24) is 9.97 Å². The molecule has 0 aliphatic rings. The van der Waals surface area contributed by atoms with Gasteiger partial charge in [-0.2, -0.15) is 0 Å². The fraction of sp³-hybridized carbons (Fsp3) is 0.182. The van der Waals surface area contributed by atoms with Crippen LogP contribution < -0.4 is 14.2 Å². The summed E-state index contributed by atoms with van der Waals surface area (Å²) in [6.07, 6.45) is 3.44. The van der Waals surface area contributed by atoms with Gasteiger partial charge in [-0.05, 0) is 24.3 Å². The zero-order chi connectivity index (χ0) is 20.4. The molecule has 7 heteroatoms. The molecule has 4 aromatic rings. The van der Waals surface area contributed by atoms with Gasteiger partial charge < -0.3 is 23.7 Å². The largest absolute Gasteiger partial charge is 0.493 e. The lowest BCUT2D eigenvalue weighted by Gasteiger charge is -2.13. The van der Waals surface area contributed by atoms with Crippen molar-refractivity contribution in [2.45, 2.75) is 6.61 Å². The van der Waals surface area contributed by atoms with E-state index in [0.29, 0.717) is 34.3 Å². The van der Waals surface area contributed by atoms with E-state index in [4.69, 9.17) is 18.6 Å². The first-order valence-corrected chi connectivity index (χ1v) is 8.93. The molecule has 0 bridgehead atoms. The van der Waals surface area contributed by atoms with Gasteiger partial charge in [-0.15, -0.1) is 0 Å². The number of aliphatic hydroxyl groups is 1. The van der Waals surface area contributed by atoms with Crippen LogP contribution in [0.5, 0.6) is 17.2 Å². The van der Waals surface area contributed by atoms with E-state index in [1.807, 2.05) is 30.3 Å². The van der Waals surface area contributed by atoms with Gasteiger partial charge in [-0.25, -0.2) is 0 Å². The van der Waals surface area contributed by atoms with E-state index in [1.54, 1.807) is 39.8 Å². The standard InChI is InChI=1S/C22H20N2O5/c1-26-19-8-14(9-20(27-2)22(19)28-3)18-10-17-21(29-18)16(6-7-23-17)13-4-5-15(12-25)24-11-13/h4-11,25H,12H2,1-3H3. The lowest BCUT2D eigenvalue weighted by atomic mass is 10.1. The number of hydrogen-bond acceptors (Lipinski definition) is 7. The van der Waals surface area contributed by atoms with E-state index >= 15 is 0 Å². The number of rotatable bonds is 6. The summed E-state index contributed by atoms with van der Waals surface area (Å²) < 4.78 is 22.4. The van der Waals surface area contributed by atoms with Crippen LogP contribution in [0.1, 0.15) is 5.69 Å². The fourth-order valence-corrected chi connectivity index (χ4v) is 3.21. The third-order valence-corrected chi connectivity index (χ3v) is 4.66. The Bertz CT molecular complexity index is 1130. The summed E-state index contributed by atoms with van der Waals surface area (Å²) in [5, 5.41) is 9.20. The van der Waals surface area contributed by atoms with Crippen LogP contribution in [-0.2, 0) is 6.61 Å². The number of furan rings is 1. The Morgan fingerprint density at radius 1 is 0.897 bits per heavy atom. The van der Waals surface area contributed by atoms with Crippen LogP contribution >= 0.6 is 0 Å². The van der Waals surface area contributed by atoms with E-state index in [-0.39, 0.29) is 6.61 Å². The lowest BCUT2D eigenvalue weighted by molar-refractivity contribution is 0.277. The Hall–Kier alpha value is -3.58. The maximum absolute atomic E-state index is 9.20. The molecule has 0 spiro atoms. The molecule has 0 aliphatic carbocycles. The van der Waals surface area contributed by atoms with Crippen LogP contribution in [0.3, 0.4) is 0 Å². The Kier molecular flexibility index (Phi) is 5.05. The summed E-state index contributed by atoms with van der Waals surface area (Å²) >= 11 is 0. The van der Waals surface area contributed by atoms with Gasteiger partial charge >= 0.3 is 0 Å². The van der Waals surface area contributed by atoms with Gasteiger partial charge in [0.15, 0.2) is 17.1 Å². The smallest absolute Gasteiger partial charge is 0.203 e. The second-order valence-corrected chi connectivity index (χ2v) is 6.29. The Balaban J connectivity index is 1.84. The molecular weight excluding hydrogens is 372 g/mol. The van der Waals surface area contributed by atoms with Crippen molar-refractivity contribution in [1.29, 1.82) is 0 Å². The minimum absolute atomic E-state index is 0.0991. The second kappa shape index (κ2) is 7.81. The molecule has 0 amide bonds. The summed E-state index contributed by atoms with van der Waals surface area (Å²) in [5.41, 5.74) is 4.49. The van der Waals surface area contributed by atoms with Crippen LogP contribution in [0.25, 0.3) is 33.6 Å². The molecule has 3 heterocycles. The molecule has 0 atom stereocenters.